The van der Waals surface area contributed by atoms with Crippen molar-refractivity contribution in [2.45, 2.75) is 32.6 Å². The molecule has 0 saturated carbocycles. The van der Waals surface area contributed by atoms with Crippen LogP contribution in [-0.2, 0) is 11.2 Å². The van der Waals surface area contributed by atoms with Crippen molar-refractivity contribution in [3.8, 4) is 5.75 Å². The van der Waals surface area contributed by atoms with E-state index in [1.807, 2.05) is 18.2 Å². The fourth-order valence-corrected chi connectivity index (χ4v) is 2.13. The van der Waals surface area contributed by atoms with E-state index in [1.165, 1.54) is 12.0 Å². The molecular formula is C16H21NO2. The van der Waals surface area contributed by atoms with Crippen LogP contribution in [-0.4, -0.2) is 19.1 Å². The van der Waals surface area contributed by atoms with Crippen molar-refractivity contribution in [2.75, 3.05) is 13.2 Å². The van der Waals surface area contributed by atoms with Gasteiger partial charge in [0.1, 0.15) is 5.75 Å². The molecule has 102 valence electrons. The van der Waals surface area contributed by atoms with Gasteiger partial charge in [-0.2, -0.15) is 0 Å². The zero-order valence-electron chi connectivity index (χ0n) is 11.4. The summed E-state index contributed by atoms with van der Waals surface area (Å²) in [6.07, 6.45) is 7.79. The molecule has 0 aliphatic carbocycles. The molecule has 1 N–H and O–H groups in total. The number of unbranched alkanes of at least 4 members (excludes halogenated alkanes) is 2. The van der Waals surface area contributed by atoms with Crippen molar-refractivity contribution < 1.29 is 9.53 Å². The largest absolute Gasteiger partial charge is 0.493 e. The van der Waals surface area contributed by atoms with E-state index < -0.39 is 0 Å². The van der Waals surface area contributed by atoms with Gasteiger partial charge in [-0.1, -0.05) is 25.8 Å². The zero-order chi connectivity index (χ0) is 13.5. The van der Waals surface area contributed by atoms with Crippen LogP contribution in [0.25, 0.3) is 6.08 Å². The van der Waals surface area contributed by atoms with Crippen molar-refractivity contribution in [2.24, 2.45) is 0 Å². The van der Waals surface area contributed by atoms with Crippen molar-refractivity contribution in [3.63, 3.8) is 0 Å². The van der Waals surface area contributed by atoms with Crippen molar-refractivity contribution in [1.29, 1.82) is 0 Å². The van der Waals surface area contributed by atoms with Crippen LogP contribution in [0.15, 0.2) is 24.3 Å². The van der Waals surface area contributed by atoms with Gasteiger partial charge in [0.05, 0.1) is 6.61 Å². The van der Waals surface area contributed by atoms with Crippen LogP contribution in [0, 0.1) is 0 Å². The lowest BCUT2D eigenvalue weighted by molar-refractivity contribution is -0.116. The first kappa shape index (κ1) is 13.7. The fraction of sp³-hybridized carbons (Fsp3) is 0.438. The average molecular weight is 259 g/mol. The molecule has 0 saturated heterocycles. The zero-order valence-corrected chi connectivity index (χ0v) is 11.4. The summed E-state index contributed by atoms with van der Waals surface area (Å²) >= 11 is 0. The lowest BCUT2D eigenvalue weighted by Gasteiger charge is -2.01. The standard InChI is InChI=1S/C16H21NO2/c1-2-3-4-10-17-16(18)8-6-13-5-7-15-14(12-13)9-11-19-15/h5-8,12H,2-4,9-11H2,1H3,(H,17,18)/b8-6+. The summed E-state index contributed by atoms with van der Waals surface area (Å²) in [4.78, 5) is 11.6. The topological polar surface area (TPSA) is 38.3 Å². The molecule has 19 heavy (non-hydrogen) atoms. The molecule has 1 aromatic carbocycles. The summed E-state index contributed by atoms with van der Waals surface area (Å²) < 4.78 is 5.45. The first-order valence-corrected chi connectivity index (χ1v) is 7.01. The summed E-state index contributed by atoms with van der Waals surface area (Å²) in [5.41, 5.74) is 2.28. The average Bonchev–Trinajstić information content (AvgIpc) is 2.89. The van der Waals surface area contributed by atoms with Crippen molar-refractivity contribution >= 4 is 12.0 Å². The molecule has 0 atom stereocenters. The van der Waals surface area contributed by atoms with E-state index in [-0.39, 0.29) is 5.91 Å². The number of carbonyl (C=O) groups is 1. The van der Waals surface area contributed by atoms with Crippen LogP contribution in [0.3, 0.4) is 0 Å². The third-order valence-electron chi connectivity index (χ3n) is 3.22. The Bertz CT molecular complexity index is 466. The van der Waals surface area contributed by atoms with Gasteiger partial charge in [-0.15, -0.1) is 0 Å². The van der Waals surface area contributed by atoms with Gasteiger partial charge in [-0.3, -0.25) is 4.79 Å². The Hall–Kier alpha value is -1.77. The summed E-state index contributed by atoms with van der Waals surface area (Å²) in [5, 5.41) is 2.89. The Kier molecular flexibility index (Phi) is 5.01. The highest BCUT2D eigenvalue weighted by Gasteiger charge is 2.10. The van der Waals surface area contributed by atoms with Crippen molar-refractivity contribution in [1.82, 2.24) is 5.32 Å². The van der Waals surface area contributed by atoms with E-state index in [2.05, 4.69) is 18.3 Å². The molecule has 0 aromatic heterocycles. The second kappa shape index (κ2) is 6.98. The van der Waals surface area contributed by atoms with Gasteiger partial charge in [-0.25, -0.2) is 0 Å². The van der Waals surface area contributed by atoms with Crippen LogP contribution in [0.1, 0.15) is 37.3 Å². The molecule has 0 bridgehead atoms. The Morgan fingerprint density at radius 3 is 3.16 bits per heavy atom. The minimum atomic E-state index is -0.0205. The molecule has 0 spiro atoms. The molecule has 3 nitrogen and oxygen atoms in total. The van der Waals surface area contributed by atoms with Crippen LogP contribution in [0.2, 0.25) is 0 Å². The number of carbonyl (C=O) groups excluding carboxylic acids is 1. The quantitative estimate of drug-likeness (QED) is 0.630. The van der Waals surface area contributed by atoms with E-state index in [1.54, 1.807) is 6.08 Å². The number of ether oxygens (including phenoxy) is 1. The first-order valence-electron chi connectivity index (χ1n) is 7.01. The molecule has 1 aromatic rings. The molecule has 3 heteroatoms. The summed E-state index contributed by atoms with van der Waals surface area (Å²) in [7, 11) is 0. The second-order valence-electron chi connectivity index (χ2n) is 4.80. The Morgan fingerprint density at radius 2 is 2.32 bits per heavy atom. The van der Waals surface area contributed by atoms with Gasteiger partial charge in [0.25, 0.3) is 0 Å². The first-order chi connectivity index (χ1) is 9.29. The highest BCUT2D eigenvalue weighted by Crippen LogP contribution is 2.26. The second-order valence-corrected chi connectivity index (χ2v) is 4.80. The fourth-order valence-electron chi connectivity index (χ4n) is 2.13. The molecule has 1 aliphatic heterocycles. The summed E-state index contributed by atoms with van der Waals surface area (Å²) in [6, 6.07) is 6.04. The SMILES string of the molecule is CCCCCNC(=O)/C=C/c1ccc2c(c1)CCO2. The minimum absolute atomic E-state index is 0.0205. The number of rotatable bonds is 6. The van der Waals surface area contributed by atoms with Gasteiger partial charge in [-0.05, 0) is 35.8 Å². The highest BCUT2D eigenvalue weighted by atomic mass is 16.5. The molecule has 0 unspecified atom stereocenters. The van der Waals surface area contributed by atoms with Gasteiger partial charge in [0.15, 0.2) is 0 Å². The lowest BCUT2D eigenvalue weighted by atomic mass is 10.1. The summed E-state index contributed by atoms with van der Waals surface area (Å²) in [5.74, 6) is 0.953. The molecule has 0 radical (unpaired) electrons. The smallest absolute Gasteiger partial charge is 0.243 e. The predicted molar refractivity (Wildman–Crippen MR) is 77.2 cm³/mol. The van der Waals surface area contributed by atoms with E-state index in [0.717, 1.165) is 43.7 Å². The third kappa shape index (κ3) is 4.12. The van der Waals surface area contributed by atoms with Gasteiger partial charge in [0.2, 0.25) is 5.91 Å². The molecule has 0 fully saturated rings. The number of hydrogen-bond acceptors (Lipinski definition) is 2. The van der Waals surface area contributed by atoms with Gasteiger partial charge >= 0.3 is 0 Å². The number of amides is 1. The molecule has 1 heterocycles. The van der Waals surface area contributed by atoms with Gasteiger partial charge < -0.3 is 10.1 Å². The van der Waals surface area contributed by atoms with Crippen LogP contribution >= 0.6 is 0 Å². The molecule has 2 rings (SSSR count). The van der Waals surface area contributed by atoms with Crippen LogP contribution in [0.5, 0.6) is 5.75 Å². The van der Waals surface area contributed by atoms with E-state index in [4.69, 9.17) is 4.74 Å². The maximum absolute atomic E-state index is 11.6. The normalized spacial score (nSPS) is 13.3. The number of nitrogens with one attached hydrogen (secondary N) is 1. The van der Waals surface area contributed by atoms with Crippen LogP contribution < -0.4 is 10.1 Å². The monoisotopic (exact) mass is 259 g/mol. The number of hydrogen-bond donors (Lipinski definition) is 1. The van der Waals surface area contributed by atoms with E-state index in [0.29, 0.717) is 0 Å². The lowest BCUT2D eigenvalue weighted by Crippen LogP contribution is -2.21. The minimum Gasteiger partial charge on any atom is -0.493 e. The summed E-state index contributed by atoms with van der Waals surface area (Å²) in [6.45, 7) is 3.68. The number of fused-ring (bicyclic) bond motifs is 1. The van der Waals surface area contributed by atoms with E-state index >= 15 is 0 Å². The maximum atomic E-state index is 11.6. The highest BCUT2D eigenvalue weighted by molar-refractivity contribution is 5.91. The van der Waals surface area contributed by atoms with Crippen molar-refractivity contribution in [3.05, 3.63) is 35.4 Å². The maximum Gasteiger partial charge on any atom is 0.243 e. The Morgan fingerprint density at radius 1 is 1.42 bits per heavy atom. The van der Waals surface area contributed by atoms with E-state index in [9.17, 15) is 4.79 Å². The molecular weight excluding hydrogens is 238 g/mol. The molecule has 1 aliphatic rings. The molecule has 1 amide bonds. The number of benzene rings is 1. The Labute approximate surface area is 114 Å². The van der Waals surface area contributed by atoms with Gasteiger partial charge in [0, 0.05) is 19.0 Å². The third-order valence-corrected chi connectivity index (χ3v) is 3.22. The Balaban J connectivity index is 1.83. The predicted octanol–water partition coefficient (Wildman–Crippen LogP) is 2.94. The van der Waals surface area contributed by atoms with Crippen LogP contribution in [0.4, 0.5) is 0 Å².